The Hall–Kier alpha value is -1.34. The molecule has 2 heterocycles. The van der Waals surface area contributed by atoms with Crippen LogP contribution in [0.4, 0.5) is 4.79 Å². The molecule has 2 aliphatic heterocycles. The van der Waals surface area contributed by atoms with Crippen molar-refractivity contribution in [1.82, 2.24) is 9.80 Å². The first kappa shape index (κ1) is 18.0. The smallest absolute Gasteiger partial charge is 0.410 e. The minimum Gasteiger partial charge on any atom is -0.444 e. The summed E-state index contributed by atoms with van der Waals surface area (Å²) in [6, 6.07) is -0.147. The molecule has 0 spiro atoms. The summed E-state index contributed by atoms with van der Waals surface area (Å²) in [7, 11) is 0. The van der Waals surface area contributed by atoms with Gasteiger partial charge in [-0.15, -0.1) is 0 Å². The van der Waals surface area contributed by atoms with Crippen molar-refractivity contribution in [3.05, 3.63) is 0 Å². The van der Waals surface area contributed by atoms with E-state index < -0.39 is 5.60 Å². The normalized spacial score (nSPS) is 23.7. The first-order chi connectivity index (χ1) is 10.8. The third-order valence-corrected chi connectivity index (χ3v) is 4.26. The number of nitrogens with zero attached hydrogens (tertiary/aromatic N) is 2. The standard InChI is InChI=1S/C16H29N3O4/c1-16(2,3)23-15(21)18-6-7-19(13(10-17)11-18)14(20)12-4-8-22-9-5-12/h12-13H,4-11,17H2,1-3H3. The van der Waals surface area contributed by atoms with E-state index in [1.54, 1.807) is 4.90 Å². The number of amides is 2. The molecule has 0 aromatic carbocycles. The fourth-order valence-corrected chi connectivity index (χ4v) is 3.02. The number of hydrogen-bond acceptors (Lipinski definition) is 5. The number of ether oxygens (including phenoxy) is 2. The first-order valence-electron chi connectivity index (χ1n) is 8.38. The van der Waals surface area contributed by atoms with Gasteiger partial charge in [-0.25, -0.2) is 4.79 Å². The van der Waals surface area contributed by atoms with E-state index in [-0.39, 0.29) is 24.0 Å². The lowest BCUT2D eigenvalue weighted by Gasteiger charge is -2.42. The second-order valence-corrected chi connectivity index (χ2v) is 7.23. The molecule has 2 saturated heterocycles. The summed E-state index contributed by atoms with van der Waals surface area (Å²) in [5.41, 5.74) is 5.33. The van der Waals surface area contributed by atoms with Crippen molar-refractivity contribution >= 4 is 12.0 Å². The summed E-state index contributed by atoms with van der Waals surface area (Å²) in [4.78, 5) is 28.4. The van der Waals surface area contributed by atoms with Gasteiger partial charge in [0, 0.05) is 45.3 Å². The van der Waals surface area contributed by atoms with Crippen LogP contribution in [-0.2, 0) is 14.3 Å². The van der Waals surface area contributed by atoms with Crippen LogP contribution < -0.4 is 5.73 Å². The predicted octanol–water partition coefficient (Wildman–Crippen LogP) is 0.820. The zero-order chi connectivity index (χ0) is 17.0. The highest BCUT2D eigenvalue weighted by atomic mass is 16.6. The van der Waals surface area contributed by atoms with E-state index in [0.717, 1.165) is 12.8 Å². The van der Waals surface area contributed by atoms with Gasteiger partial charge >= 0.3 is 6.09 Å². The van der Waals surface area contributed by atoms with Crippen molar-refractivity contribution in [3.63, 3.8) is 0 Å². The SMILES string of the molecule is CC(C)(C)OC(=O)N1CCN(C(=O)C2CCOCC2)C(CN)C1. The van der Waals surface area contributed by atoms with Crippen LogP contribution in [0.15, 0.2) is 0 Å². The Kier molecular flexibility index (Phi) is 5.86. The molecule has 0 saturated carbocycles. The van der Waals surface area contributed by atoms with Crippen LogP contribution in [-0.4, -0.2) is 72.8 Å². The predicted molar refractivity (Wildman–Crippen MR) is 85.9 cm³/mol. The molecule has 0 radical (unpaired) electrons. The van der Waals surface area contributed by atoms with Gasteiger partial charge < -0.3 is 25.0 Å². The van der Waals surface area contributed by atoms with Gasteiger partial charge in [-0.3, -0.25) is 4.79 Å². The Balaban J connectivity index is 1.95. The van der Waals surface area contributed by atoms with E-state index in [1.807, 2.05) is 25.7 Å². The van der Waals surface area contributed by atoms with Crippen molar-refractivity contribution in [1.29, 1.82) is 0 Å². The molecule has 7 heteroatoms. The van der Waals surface area contributed by atoms with Gasteiger partial charge in [0.15, 0.2) is 0 Å². The molecule has 7 nitrogen and oxygen atoms in total. The molecule has 2 amide bonds. The van der Waals surface area contributed by atoms with Gasteiger partial charge in [-0.1, -0.05) is 0 Å². The molecule has 0 aliphatic carbocycles. The highest BCUT2D eigenvalue weighted by Gasteiger charge is 2.36. The fourth-order valence-electron chi connectivity index (χ4n) is 3.02. The third kappa shape index (κ3) is 4.81. The maximum atomic E-state index is 12.7. The lowest BCUT2D eigenvalue weighted by Crippen LogP contribution is -2.60. The van der Waals surface area contributed by atoms with Crippen molar-refractivity contribution in [2.75, 3.05) is 39.4 Å². The lowest BCUT2D eigenvalue weighted by atomic mass is 9.97. The van der Waals surface area contributed by atoms with Crippen LogP contribution in [0, 0.1) is 5.92 Å². The average Bonchev–Trinajstić information content (AvgIpc) is 2.52. The van der Waals surface area contributed by atoms with E-state index in [1.165, 1.54) is 0 Å². The number of piperazine rings is 1. The third-order valence-electron chi connectivity index (χ3n) is 4.26. The maximum absolute atomic E-state index is 12.7. The molecule has 2 rings (SSSR count). The zero-order valence-electron chi connectivity index (χ0n) is 14.4. The highest BCUT2D eigenvalue weighted by Crippen LogP contribution is 2.21. The Bertz CT molecular complexity index is 430. The molecule has 0 aromatic heterocycles. The van der Waals surface area contributed by atoms with Gasteiger partial charge in [-0.2, -0.15) is 0 Å². The molecule has 23 heavy (non-hydrogen) atoms. The van der Waals surface area contributed by atoms with Crippen LogP contribution >= 0.6 is 0 Å². The molecule has 2 N–H and O–H groups in total. The van der Waals surface area contributed by atoms with E-state index in [4.69, 9.17) is 15.2 Å². The van der Waals surface area contributed by atoms with Crippen molar-refractivity contribution in [2.24, 2.45) is 11.7 Å². The molecular formula is C16H29N3O4. The summed E-state index contributed by atoms with van der Waals surface area (Å²) >= 11 is 0. The van der Waals surface area contributed by atoms with Gasteiger partial charge in [-0.05, 0) is 33.6 Å². The Morgan fingerprint density at radius 2 is 1.87 bits per heavy atom. The van der Waals surface area contributed by atoms with Crippen molar-refractivity contribution in [3.8, 4) is 0 Å². The van der Waals surface area contributed by atoms with Crippen LogP contribution in [0.1, 0.15) is 33.6 Å². The molecule has 132 valence electrons. The summed E-state index contributed by atoms with van der Waals surface area (Å²) in [6.07, 6.45) is 1.19. The Morgan fingerprint density at radius 3 is 2.43 bits per heavy atom. The van der Waals surface area contributed by atoms with E-state index in [0.29, 0.717) is 39.4 Å². The quantitative estimate of drug-likeness (QED) is 0.811. The molecule has 0 bridgehead atoms. The minimum atomic E-state index is -0.523. The van der Waals surface area contributed by atoms with Crippen molar-refractivity contribution < 1.29 is 19.1 Å². The molecule has 2 aliphatic rings. The molecular weight excluding hydrogens is 298 g/mol. The van der Waals surface area contributed by atoms with Crippen LogP contribution in [0.5, 0.6) is 0 Å². The number of hydrogen-bond donors (Lipinski definition) is 1. The van der Waals surface area contributed by atoms with Crippen LogP contribution in [0.3, 0.4) is 0 Å². The molecule has 1 unspecified atom stereocenters. The summed E-state index contributed by atoms with van der Waals surface area (Å²) in [5, 5.41) is 0. The monoisotopic (exact) mass is 327 g/mol. The summed E-state index contributed by atoms with van der Waals surface area (Å²) in [6.45, 7) is 8.58. The van der Waals surface area contributed by atoms with E-state index in [9.17, 15) is 9.59 Å². The van der Waals surface area contributed by atoms with Gasteiger partial charge in [0.25, 0.3) is 0 Å². The van der Waals surface area contributed by atoms with Crippen LogP contribution in [0.25, 0.3) is 0 Å². The Morgan fingerprint density at radius 1 is 1.22 bits per heavy atom. The fraction of sp³-hybridized carbons (Fsp3) is 0.875. The second kappa shape index (κ2) is 7.49. The molecule has 0 aromatic rings. The number of nitrogens with two attached hydrogens (primary N) is 1. The van der Waals surface area contributed by atoms with Gasteiger partial charge in [0.05, 0.1) is 6.04 Å². The Labute approximate surface area is 138 Å². The highest BCUT2D eigenvalue weighted by molar-refractivity contribution is 5.80. The van der Waals surface area contributed by atoms with E-state index >= 15 is 0 Å². The molecule has 1 atom stereocenters. The van der Waals surface area contributed by atoms with Gasteiger partial charge in [0.1, 0.15) is 5.60 Å². The lowest BCUT2D eigenvalue weighted by molar-refractivity contribution is -0.143. The van der Waals surface area contributed by atoms with Crippen LogP contribution in [0.2, 0.25) is 0 Å². The maximum Gasteiger partial charge on any atom is 0.410 e. The topological polar surface area (TPSA) is 85.1 Å². The van der Waals surface area contributed by atoms with Gasteiger partial charge in [0.2, 0.25) is 5.91 Å². The van der Waals surface area contributed by atoms with Crippen molar-refractivity contribution in [2.45, 2.75) is 45.3 Å². The van der Waals surface area contributed by atoms with E-state index in [2.05, 4.69) is 0 Å². The largest absolute Gasteiger partial charge is 0.444 e. The number of carbonyl (C=O) groups excluding carboxylic acids is 2. The average molecular weight is 327 g/mol. The summed E-state index contributed by atoms with van der Waals surface area (Å²) < 4.78 is 10.7. The first-order valence-corrected chi connectivity index (χ1v) is 8.38. The summed E-state index contributed by atoms with van der Waals surface area (Å²) in [5.74, 6) is 0.165. The second-order valence-electron chi connectivity index (χ2n) is 7.23. The number of rotatable bonds is 2. The molecule has 2 fully saturated rings. The minimum absolute atomic E-state index is 0.0193. The number of carbonyl (C=O) groups is 2. The zero-order valence-corrected chi connectivity index (χ0v) is 14.4.